The molecule has 2 rings (SSSR count). The molecule has 1 aliphatic rings. The minimum Gasteiger partial charge on any atom is -0.398 e. The van der Waals surface area contributed by atoms with Gasteiger partial charge in [-0.1, -0.05) is 6.42 Å². The third-order valence-corrected chi connectivity index (χ3v) is 4.73. The van der Waals surface area contributed by atoms with Gasteiger partial charge in [0.05, 0.1) is 5.56 Å². The van der Waals surface area contributed by atoms with E-state index in [0.29, 0.717) is 5.25 Å². The van der Waals surface area contributed by atoms with E-state index in [1.54, 1.807) is 11.8 Å². The smallest absolute Gasteiger partial charge is 0.253 e. The number of nitrogens with one attached hydrogen (secondary N) is 1. The van der Waals surface area contributed by atoms with Crippen LogP contribution in [0.25, 0.3) is 0 Å². The van der Waals surface area contributed by atoms with Crippen LogP contribution >= 0.6 is 11.8 Å². The molecule has 1 aromatic rings. The summed E-state index contributed by atoms with van der Waals surface area (Å²) in [5, 5.41) is 3.40. The highest BCUT2D eigenvalue weighted by atomic mass is 32.2. The first kappa shape index (κ1) is 15.1. The van der Waals surface area contributed by atoms with Gasteiger partial charge in [0.25, 0.3) is 5.91 Å². The number of hydrogen-bond acceptors (Lipinski definition) is 3. The largest absolute Gasteiger partial charge is 0.398 e. The first-order valence-corrected chi connectivity index (χ1v) is 7.88. The van der Waals surface area contributed by atoms with Crippen LogP contribution in [0.15, 0.2) is 12.1 Å². The Morgan fingerprint density at radius 3 is 2.75 bits per heavy atom. The summed E-state index contributed by atoms with van der Waals surface area (Å²) >= 11 is 1.79. The SMILES string of the molecule is CSC1CCCC(NC(=O)c2cc(F)c(F)cc2N)C1. The summed E-state index contributed by atoms with van der Waals surface area (Å²) in [4.78, 5) is 12.1. The molecule has 0 bridgehead atoms. The van der Waals surface area contributed by atoms with Crippen molar-refractivity contribution in [3.63, 3.8) is 0 Å². The lowest BCUT2D eigenvalue weighted by Gasteiger charge is -2.28. The summed E-state index contributed by atoms with van der Waals surface area (Å²) in [6, 6.07) is 1.77. The van der Waals surface area contributed by atoms with Crippen LogP contribution in [0.5, 0.6) is 0 Å². The first-order chi connectivity index (χ1) is 9.51. The summed E-state index contributed by atoms with van der Waals surface area (Å²) in [6.07, 6.45) is 6.08. The molecule has 1 aromatic carbocycles. The molecule has 110 valence electrons. The average molecular weight is 300 g/mol. The van der Waals surface area contributed by atoms with E-state index in [4.69, 9.17) is 5.73 Å². The van der Waals surface area contributed by atoms with Crippen molar-refractivity contribution in [1.82, 2.24) is 5.32 Å². The number of benzene rings is 1. The minimum absolute atomic E-state index is 0.00447. The van der Waals surface area contributed by atoms with Crippen LogP contribution in [-0.2, 0) is 0 Å². The van der Waals surface area contributed by atoms with Crippen LogP contribution in [-0.4, -0.2) is 23.5 Å². The van der Waals surface area contributed by atoms with Crippen molar-refractivity contribution in [1.29, 1.82) is 0 Å². The van der Waals surface area contributed by atoms with E-state index in [1.165, 1.54) is 0 Å². The van der Waals surface area contributed by atoms with Gasteiger partial charge in [0.15, 0.2) is 11.6 Å². The monoisotopic (exact) mass is 300 g/mol. The Labute approximate surface area is 121 Å². The molecule has 0 radical (unpaired) electrons. The van der Waals surface area contributed by atoms with Crippen molar-refractivity contribution in [3.05, 3.63) is 29.3 Å². The van der Waals surface area contributed by atoms with Crippen molar-refractivity contribution in [2.24, 2.45) is 0 Å². The number of rotatable bonds is 3. The van der Waals surface area contributed by atoms with Crippen molar-refractivity contribution in [2.45, 2.75) is 37.0 Å². The molecule has 1 saturated carbocycles. The lowest BCUT2D eigenvalue weighted by Crippen LogP contribution is -2.39. The van der Waals surface area contributed by atoms with Crippen LogP contribution in [0.4, 0.5) is 14.5 Å². The lowest BCUT2D eigenvalue weighted by molar-refractivity contribution is 0.0929. The second-order valence-electron chi connectivity index (χ2n) is 5.05. The number of carbonyl (C=O) groups is 1. The summed E-state index contributed by atoms with van der Waals surface area (Å²) in [5.74, 6) is -2.54. The van der Waals surface area contributed by atoms with E-state index >= 15 is 0 Å². The number of halogens is 2. The molecule has 2 unspecified atom stereocenters. The maximum atomic E-state index is 13.2. The quantitative estimate of drug-likeness (QED) is 0.844. The summed E-state index contributed by atoms with van der Waals surface area (Å²) in [5.41, 5.74) is 5.53. The molecule has 0 aromatic heterocycles. The van der Waals surface area contributed by atoms with Gasteiger partial charge in [-0.2, -0.15) is 11.8 Å². The highest BCUT2D eigenvalue weighted by Crippen LogP contribution is 2.27. The van der Waals surface area contributed by atoms with Crippen LogP contribution in [0.1, 0.15) is 36.0 Å². The standard InChI is InChI=1S/C14H18F2N2OS/c1-20-9-4-2-3-8(5-9)18-14(19)10-6-11(15)12(16)7-13(10)17/h6-9H,2-5,17H2,1H3,(H,18,19). The predicted octanol–water partition coefficient (Wildman–Crippen LogP) is 2.95. The molecule has 0 spiro atoms. The Morgan fingerprint density at radius 2 is 2.05 bits per heavy atom. The van der Waals surface area contributed by atoms with E-state index < -0.39 is 17.5 Å². The summed E-state index contributed by atoms with van der Waals surface area (Å²) < 4.78 is 26.2. The zero-order valence-electron chi connectivity index (χ0n) is 11.3. The van der Waals surface area contributed by atoms with Gasteiger partial charge in [-0.3, -0.25) is 4.79 Å². The molecule has 1 aliphatic carbocycles. The first-order valence-electron chi connectivity index (χ1n) is 6.59. The maximum Gasteiger partial charge on any atom is 0.253 e. The molecule has 1 amide bonds. The fourth-order valence-corrected chi connectivity index (χ4v) is 3.34. The number of thioether (sulfide) groups is 1. The molecule has 0 aliphatic heterocycles. The van der Waals surface area contributed by atoms with E-state index in [2.05, 4.69) is 11.6 Å². The molecule has 20 heavy (non-hydrogen) atoms. The van der Waals surface area contributed by atoms with Gasteiger partial charge in [0, 0.05) is 23.0 Å². The van der Waals surface area contributed by atoms with E-state index in [-0.39, 0.29) is 17.3 Å². The topological polar surface area (TPSA) is 55.1 Å². The maximum absolute atomic E-state index is 13.2. The second kappa shape index (κ2) is 6.43. The molecular formula is C14H18F2N2OS. The van der Waals surface area contributed by atoms with Crippen molar-refractivity contribution in [2.75, 3.05) is 12.0 Å². The minimum atomic E-state index is -1.06. The fourth-order valence-electron chi connectivity index (χ4n) is 2.51. The Hall–Kier alpha value is -1.30. The molecule has 2 atom stereocenters. The number of amides is 1. The highest BCUT2D eigenvalue weighted by Gasteiger charge is 2.24. The zero-order chi connectivity index (χ0) is 14.7. The number of carbonyl (C=O) groups excluding carboxylic acids is 1. The van der Waals surface area contributed by atoms with E-state index in [0.717, 1.165) is 37.8 Å². The number of nitrogens with two attached hydrogens (primary N) is 1. The average Bonchev–Trinajstić information content (AvgIpc) is 2.43. The fraction of sp³-hybridized carbons (Fsp3) is 0.500. The molecule has 3 nitrogen and oxygen atoms in total. The molecule has 0 heterocycles. The van der Waals surface area contributed by atoms with Gasteiger partial charge < -0.3 is 11.1 Å². The lowest BCUT2D eigenvalue weighted by atomic mass is 9.94. The Bertz CT molecular complexity index is 510. The van der Waals surface area contributed by atoms with Crippen LogP contribution in [0, 0.1) is 11.6 Å². The van der Waals surface area contributed by atoms with Crippen molar-refractivity contribution < 1.29 is 13.6 Å². The summed E-state index contributed by atoms with van der Waals surface area (Å²) in [7, 11) is 0. The third-order valence-electron chi connectivity index (χ3n) is 3.63. The van der Waals surface area contributed by atoms with Gasteiger partial charge in [0.2, 0.25) is 0 Å². The van der Waals surface area contributed by atoms with Crippen LogP contribution in [0.2, 0.25) is 0 Å². The predicted molar refractivity (Wildman–Crippen MR) is 77.8 cm³/mol. The number of anilines is 1. The van der Waals surface area contributed by atoms with E-state index in [1.807, 2.05) is 0 Å². The van der Waals surface area contributed by atoms with E-state index in [9.17, 15) is 13.6 Å². The Kier molecular flexibility index (Phi) is 4.86. The summed E-state index contributed by atoms with van der Waals surface area (Å²) in [6.45, 7) is 0. The highest BCUT2D eigenvalue weighted by molar-refractivity contribution is 7.99. The van der Waals surface area contributed by atoms with Crippen molar-refractivity contribution in [3.8, 4) is 0 Å². The Balaban J connectivity index is 2.06. The molecular weight excluding hydrogens is 282 g/mol. The van der Waals surface area contributed by atoms with Gasteiger partial charge in [-0.15, -0.1) is 0 Å². The normalized spacial score (nSPS) is 22.6. The van der Waals surface area contributed by atoms with Gasteiger partial charge in [-0.05, 0) is 31.6 Å². The van der Waals surface area contributed by atoms with Gasteiger partial charge >= 0.3 is 0 Å². The van der Waals surface area contributed by atoms with Crippen LogP contribution in [0.3, 0.4) is 0 Å². The molecule has 3 N–H and O–H groups in total. The number of hydrogen-bond donors (Lipinski definition) is 2. The van der Waals surface area contributed by atoms with Crippen LogP contribution < -0.4 is 11.1 Å². The zero-order valence-corrected chi connectivity index (χ0v) is 12.1. The molecule has 1 fully saturated rings. The van der Waals surface area contributed by atoms with Crippen molar-refractivity contribution >= 4 is 23.4 Å². The third kappa shape index (κ3) is 3.42. The number of nitrogen functional groups attached to an aromatic ring is 1. The molecule has 0 saturated heterocycles. The second-order valence-corrected chi connectivity index (χ2v) is 6.19. The Morgan fingerprint density at radius 1 is 1.35 bits per heavy atom. The van der Waals surface area contributed by atoms with Gasteiger partial charge in [0.1, 0.15) is 0 Å². The van der Waals surface area contributed by atoms with Gasteiger partial charge in [-0.25, -0.2) is 8.78 Å². The molecule has 6 heteroatoms.